The molecule has 2 fully saturated rings. The Hall–Kier alpha value is -4.51. The molecule has 3 atom stereocenters. The van der Waals surface area contributed by atoms with Crippen molar-refractivity contribution in [3.05, 3.63) is 101 Å². The summed E-state index contributed by atoms with van der Waals surface area (Å²) < 4.78 is 26.7. The van der Waals surface area contributed by atoms with Gasteiger partial charge in [0.25, 0.3) is 0 Å². The molecule has 0 radical (unpaired) electrons. The molecule has 4 N–H and O–H groups in total. The molecular weight excluding hydrogens is 542 g/mol. The molecule has 6 rings (SSSR count). The lowest BCUT2D eigenvalue weighted by Gasteiger charge is -2.30. The average molecular weight is 572 g/mol. The molecule has 3 heterocycles. The van der Waals surface area contributed by atoms with E-state index in [2.05, 4.69) is 15.6 Å². The average Bonchev–Trinajstić information content (AvgIpc) is 3.63. The lowest BCUT2D eigenvalue weighted by atomic mass is 9.87. The Bertz CT molecular complexity index is 1700. The summed E-state index contributed by atoms with van der Waals surface area (Å²) in [4.78, 5) is 46.1. The lowest BCUT2D eigenvalue weighted by Crippen LogP contribution is -2.56. The van der Waals surface area contributed by atoms with Crippen molar-refractivity contribution in [1.82, 2.24) is 25.3 Å². The summed E-state index contributed by atoms with van der Waals surface area (Å²) in [6, 6.07) is 23.6. The molecule has 10 nitrogen and oxygen atoms in total. The van der Waals surface area contributed by atoms with Gasteiger partial charge in [-0.15, -0.1) is 0 Å². The zero-order chi connectivity index (χ0) is 28.6. The number of H-pyrrole nitrogens is 1. The van der Waals surface area contributed by atoms with Crippen LogP contribution in [-0.4, -0.2) is 41.6 Å². The number of benzene rings is 3. The Balaban J connectivity index is 1.29. The highest BCUT2D eigenvalue weighted by atomic mass is 32.2. The van der Waals surface area contributed by atoms with E-state index >= 15 is 0 Å². The molecule has 3 amide bonds. The number of carbonyl (C=O) groups is 3. The number of aromatic amines is 1. The van der Waals surface area contributed by atoms with Crippen molar-refractivity contribution < 1.29 is 22.8 Å². The first kappa shape index (κ1) is 26.7. The van der Waals surface area contributed by atoms with Crippen LogP contribution in [0.4, 0.5) is 0 Å². The predicted octanol–water partition coefficient (Wildman–Crippen LogP) is 2.75. The van der Waals surface area contributed by atoms with E-state index in [4.69, 9.17) is 4.98 Å². The van der Waals surface area contributed by atoms with Gasteiger partial charge in [0.1, 0.15) is 16.6 Å². The van der Waals surface area contributed by atoms with Crippen LogP contribution in [0, 0.1) is 0 Å². The number of hydrogen-bond acceptors (Lipinski definition) is 6. The molecule has 4 aromatic rings. The van der Waals surface area contributed by atoms with Crippen LogP contribution >= 0.6 is 0 Å². The number of aromatic nitrogens is 2. The predicted molar refractivity (Wildman–Crippen MR) is 152 cm³/mol. The molecule has 1 aromatic heterocycles. The molecule has 3 aromatic carbocycles. The van der Waals surface area contributed by atoms with E-state index in [1.54, 1.807) is 24.3 Å². The van der Waals surface area contributed by atoms with Gasteiger partial charge in [-0.2, -0.15) is 0 Å². The van der Waals surface area contributed by atoms with Crippen LogP contribution in [0.1, 0.15) is 53.1 Å². The third-order valence-corrected chi connectivity index (χ3v) is 9.48. The summed E-state index contributed by atoms with van der Waals surface area (Å²) in [6.45, 7) is 0. The van der Waals surface area contributed by atoms with E-state index in [0.29, 0.717) is 30.7 Å². The monoisotopic (exact) mass is 571 g/mol. The van der Waals surface area contributed by atoms with Gasteiger partial charge in [-0.1, -0.05) is 66.7 Å². The zero-order valence-corrected chi connectivity index (χ0v) is 22.9. The van der Waals surface area contributed by atoms with Gasteiger partial charge in [-0.3, -0.25) is 19.1 Å². The number of nitrogens with one attached hydrogen (secondary N) is 4. The summed E-state index contributed by atoms with van der Waals surface area (Å²) in [7, 11) is -3.75. The number of hydrogen-bond donors (Lipinski definition) is 4. The topological polar surface area (TPSA) is 150 Å². The molecule has 3 unspecified atom stereocenters. The van der Waals surface area contributed by atoms with Crippen molar-refractivity contribution in [1.29, 1.82) is 0 Å². The van der Waals surface area contributed by atoms with E-state index in [9.17, 15) is 22.8 Å². The van der Waals surface area contributed by atoms with E-state index in [1.165, 1.54) is 0 Å². The van der Waals surface area contributed by atoms with Gasteiger partial charge in [0.15, 0.2) is 0 Å². The van der Waals surface area contributed by atoms with Gasteiger partial charge in [0, 0.05) is 12.8 Å². The highest BCUT2D eigenvalue weighted by Crippen LogP contribution is 2.31. The molecule has 41 heavy (non-hydrogen) atoms. The Morgan fingerprint density at radius 1 is 0.951 bits per heavy atom. The number of carbonyl (C=O) groups excluding carboxylic acids is 3. The van der Waals surface area contributed by atoms with Crippen LogP contribution in [-0.2, 0) is 37.2 Å². The zero-order valence-electron chi connectivity index (χ0n) is 22.1. The molecule has 2 saturated heterocycles. The van der Waals surface area contributed by atoms with Crippen LogP contribution in [0.5, 0.6) is 0 Å². The number of sulfonamides is 1. The first-order valence-electron chi connectivity index (χ1n) is 13.4. The van der Waals surface area contributed by atoms with Crippen LogP contribution in [0.15, 0.2) is 78.9 Å². The third-order valence-electron chi connectivity index (χ3n) is 7.78. The second-order valence-corrected chi connectivity index (χ2v) is 12.5. The van der Waals surface area contributed by atoms with Gasteiger partial charge in [-0.05, 0) is 41.7 Å². The van der Waals surface area contributed by atoms with E-state index in [-0.39, 0.29) is 24.7 Å². The first-order chi connectivity index (χ1) is 19.7. The lowest BCUT2D eigenvalue weighted by molar-refractivity contribution is -0.130. The van der Waals surface area contributed by atoms with Gasteiger partial charge < -0.3 is 15.6 Å². The molecule has 2 aliphatic heterocycles. The fraction of sp³-hybridized carbons (Fsp3) is 0.267. The SMILES string of the molecule is O=C1CCC(Cc2ccccc2)(C(=O)NC(Cc2ccc(C3CC(=O)NS3(=O)=O)cc2)c2nc3ccccc3[nH]2)N1. The van der Waals surface area contributed by atoms with Crippen molar-refractivity contribution in [2.24, 2.45) is 0 Å². The van der Waals surface area contributed by atoms with Crippen LogP contribution in [0.3, 0.4) is 0 Å². The Morgan fingerprint density at radius 2 is 1.68 bits per heavy atom. The molecule has 0 saturated carbocycles. The molecule has 0 aliphatic carbocycles. The minimum Gasteiger partial charge on any atom is -0.344 e. The quantitative estimate of drug-likeness (QED) is 0.255. The molecule has 210 valence electrons. The van der Waals surface area contributed by atoms with Crippen LogP contribution < -0.4 is 15.4 Å². The van der Waals surface area contributed by atoms with Crippen molar-refractivity contribution in [2.75, 3.05) is 0 Å². The maximum absolute atomic E-state index is 14.0. The fourth-order valence-electron chi connectivity index (χ4n) is 5.65. The van der Waals surface area contributed by atoms with Crippen molar-refractivity contribution in [3.8, 4) is 0 Å². The molecule has 2 aliphatic rings. The number of imidazole rings is 1. The standard InChI is InChI=1S/C30H29N5O5S/c36-26-14-15-30(34-26,18-20-6-2-1-3-7-20)29(38)33-24(28-31-22-8-4-5-9-23(22)32-28)16-19-10-12-21(13-11-19)25-17-27(37)35-41(25,39)40/h1-13,24-25H,14-18H2,(H,31,32)(H,33,38)(H,34,36)(H,35,37). The van der Waals surface area contributed by atoms with Crippen molar-refractivity contribution in [3.63, 3.8) is 0 Å². The van der Waals surface area contributed by atoms with E-state index < -0.39 is 32.8 Å². The van der Waals surface area contributed by atoms with Crippen LogP contribution in [0.25, 0.3) is 11.0 Å². The van der Waals surface area contributed by atoms with E-state index in [0.717, 1.165) is 22.2 Å². The maximum atomic E-state index is 14.0. The third kappa shape index (κ3) is 5.45. The number of fused-ring (bicyclic) bond motifs is 1. The van der Waals surface area contributed by atoms with Gasteiger partial charge in [-0.25, -0.2) is 13.4 Å². The summed E-state index contributed by atoms with van der Waals surface area (Å²) in [5.41, 5.74) is 2.79. The molecule has 0 bridgehead atoms. The smallest absolute Gasteiger partial charge is 0.246 e. The molecule has 11 heteroatoms. The van der Waals surface area contributed by atoms with Gasteiger partial charge >= 0.3 is 0 Å². The second kappa shape index (κ2) is 10.5. The summed E-state index contributed by atoms with van der Waals surface area (Å²) in [6.07, 6.45) is 1.23. The van der Waals surface area contributed by atoms with Gasteiger partial charge in [0.05, 0.1) is 23.5 Å². The van der Waals surface area contributed by atoms with Crippen LogP contribution in [0.2, 0.25) is 0 Å². The summed E-state index contributed by atoms with van der Waals surface area (Å²) in [5.74, 6) is -0.413. The summed E-state index contributed by atoms with van der Waals surface area (Å²) >= 11 is 0. The van der Waals surface area contributed by atoms with Crippen molar-refractivity contribution >= 4 is 38.8 Å². The number of nitrogens with zero attached hydrogens (tertiary/aromatic N) is 1. The Kier molecular flexibility index (Phi) is 6.82. The minimum absolute atomic E-state index is 0.117. The number of rotatable bonds is 8. The normalized spacial score (nSPS) is 22.3. The number of para-hydroxylation sites is 2. The highest BCUT2D eigenvalue weighted by molar-refractivity contribution is 7.90. The second-order valence-electron chi connectivity index (χ2n) is 10.7. The minimum atomic E-state index is -3.75. The molecular formula is C30H29N5O5S. The summed E-state index contributed by atoms with van der Waals surface area (Å²) in [5, 5.41) is 5.17. The largest absolute Gasteiger partial charge is 0.344 e. The molecule has 0 spiro atoms. The number of amides is 3. The van der Waals surface area contributed by atoms with Crippen molar-refractivity contribution in [2.45, 2.75) is 48.9 Å². The van der Waals surface area contributed by atoms with E-state index in [1.807, 2.05) is 59.3 Å². The Labute approximate surface area is 237 Å². The Morgan fingerprint density at radius 3 is 2.34 bits per heavy atom. The first-order valence-corrected chi connectivity index (χ1v) is 15.0. The maximum Gasteiger partial charge on any atom is 0.246 e. The fourth-order valence-corrected chi connectivity index (χ4v) is 7.08. The highest BCUT2D eigenvalue weighted by Gasteiger charge is 2.45. The van der Waals surface area contributed by atoms with Gasteiger partial charge in [0.2, 0.25) is 27.7 Å².